The second-order valence-corrected chi connectivity index (χ2v) is 7.20. The minimum Gasteiger partial charge on any atom is -0.444 e. The normalized spacial score (nSPS) is 19.2. The van der Waals surface area contributed by atoms with Crippen LogP contribution in [0.1, 0.15) is 32.9 Å². The van der Waals surface area contributed by atoms with E-state index in [1.807, 2.05) is 33.8 Å². The number of rotatable bonds is 2. The average molecular weight is 295 g/mol. The number of aryl methyl sites for hydroxylation is 1. The van der Waals surface area contributed by atoms with Crippen molar-refractivity contribution in [1.82, 2.24) is 14.9 Å². The van der Waals surface area contributed by atoms with Crippen LogP contribution >= 0.6 is 11.8 Å². The predicted octanol–water partition coefficient (Wildman–Crippen LogP) is 2.89. The van der Waals surface area contributed by atoms with Gasteiger partial charge in [0, 0.05) is 30.2 Å². The summed E-state index contributed by atoms with van der Waals surface area (Å²) < 4.78 is 5.39. The van der Waals surface area contributed by atoms with Crippen molar-refractivity contribution in [2.45, 2.75) is 50.1 Å². The number of aromatic nitrogens is 2. The maximum absolute atomic E-state index is 12.0. The monoisotopic (exact) mass is 295 g/mol. The van der Waals surface area contributed by atoms with E-state index < -0.39 is 5.60 Å². The van der Waals surface area contributed by atoms with E-state index in [1.165, 1.54) is 0 Å². The number of amides is 1. The van der Waals surface area contributed by atoms with Crippen LogP contribution in [0.25, 0.3) is 0 Å². The van der Waals surface area contributed by atoms with Gasteiger partial charge in [0.15, 0.2) is 5.16 Å². The molecule has 1 atom stereocenters. The standard InChI is InChI=1S/C14H21N3O2S/c1-10-5-7-15-12(16-10)20-11-6-8-17(9-11)13(18)19-14(2,3)4/h5,7,11H,6,8-9H2,1-4H3/t11-/m1/s1. The van der Waals surface area contributed by atoms with Gasteiger partial charge in [0.05, 0.1) is 0 Å². The minimum absolute atomic E-state index is 0.231. The average Bonchev–Trinajstić information content (AvgIpc) is 2.75. The Balaban J connectivity index is 1.88. The topological polar surface area (TPSA) is 55.3 Å². The fraction of sp³-hybridized carbons (Fsp3) is 0.643. The van der Waals surface area contributed by atoms with Gasteiger partial charge in [-0.25, -0.2) is 14.8 Å². The third-order valence-corrected chi connectivity index (χ3v) is 3.97. The molecule has 1 amide bonds. The third kappa shape index (κ3) is 4.37. The summed E-state index contributed by atoms with van der Waals surface area (Å²) in [6.07, 6.45) is 2.48. The number of hydrogen-bond acceptors (Lipinski definition) is 5. The molecule has 20 heavy (non-hydrogen) atoms. The van der Waals surface area contributed by atoms with Crippen molar-refractivity contribution in [2.24, 2.45) is 0 Å². The van der Waals surface area contributed by atoms with Gasteiger partial charge in [-0.2, -0.15) is 0 Å². The molecule has 6 heteroatoms. The number of nitrogens with zero attached hydrogens (tertiary/aromatic N) is 3. The lowest BCUT2D eigenvalue weighted by Crippen LogP contribution is -2.35. The van der Waals surface area contributed by atoms with E-state index in [2.05, 4.69) is 9.97 Å². The van der Waals surface area contributed by atoms with Crippen molar-refractivity contribution < 1.29 is 9.53 Å². The second-order valence-electron chi connectivity index (χ2n) is 5.94. The molecule has 0 aromatic carbocycles. The molecule has 0 N–H and O–H groups in total. The number of ether oxygens (including phenoxy) is 1. The molecule has 1 aliphatic rings. The molecule has 5 nitrogen and oxygen atoms in total. The Morgan fingerprint density at radius 1 is 1.50 bits per heavy atom. The molecular weight excluding hydrogens is 274 g/mol. The Morgan fingerprint density at radius 3 is 2.90 bits per heavy atom. The lowest BCUT2D eigenvalue weighted by atomic mass is 10.2. The van der Waals surface area contributed by atoms with Gasteiger partial charge in [0.1, 0.15) is 5.60 Å². The lowest BCUT2D eigenvalue weighted by molar-refractivity contribution is 0.0295. The molecule has 0 unspecified atom stereocenters. The van der Waals surface area contributed by atoms with Crippen molar-refractivity contribution >= 4 is 17.9 Å². The molecule has 1 aromatic heterocycles. The van der Waals surface area contributed by atoms with Crippen LogP contribution < -0.4 is 0 Å². The van der Waals surface area contributed by atoms with E-state index in [4.69, 9.17) is 4.74 Å². The molecule has 1 aliphatic heterocycles. The zero-order valence-corrected chi connectivity index (χ0v) is 13.2. The molecule has 0 bridgehead atoms. The molecule has 2 rings (SSSR count). The minimum atomic E-state index is -0.442. The molecule has 0 radical (unpaired) electrons. The van der Waals surface area contributed by atoms with Crippen molar-refractivity contribution in [1.29, 1.82) is 0 Å². The number of thioether (sulfide) groups is 1. The van der Waals surface area contributed by atoms with Crippen molar-refractivity contribution in [2.75, 3.05) is 13.1 Å². The van der Waals surface area contributed by atoms with E-state index >= 15 is 0 Å². The van der Waals surface area contributed by atoms with E-state index in [-0.39, 0.29) is 6.09 Å². The van der Waals surface area contributed by atoms with Crippen molar-refractivity contribution in [3.05, 3.63) is 18.0 Å². The lowest BCUT2D eigenvalue weighted by Gasteiger charge is -2.24. The third-order valence-electron chi connectivity index (χ3n) is 2.84. The van der Waals surface area contributed by atoms with Gasteiger partial charge >= 0.3 is 6.09 Å². The molecule has 0 spiro atoms. The summed E-state index contributed by atoms with van der Waals surface area (Å²) in [6, 6.07) is 1.88. The van der Waals surface area contributed by atoms with Crippen LogP contribution in [0, 0.1) is 6.92 Å². The maximum atomic E-state index is 12.0. The van der Waals surface area contributed by atoms with Gasteiger partial charge in [-0.05, 0) is 40.2 Å². The highest BCUT2D eigenvalue weighted by Crippen LogP contribution is 2.28. The summed E-state index contributed by atoms with van der Waals surface area (Å²) in [5, 5.41) is 1.12. The first kappa shape index (κ1) is 15.1. The Hall–Kier alpha value is -1.30. The van der Waals surface area contributed by atoms with Gasteiger partial charge in [-0.3, -0.25) is 0 Å². The van der Waals surface area contributed by atoms with Crippen molar-refractivity contribution in [3.8, 4) is 0 Å². The summed E-state index contributed by atoms with van der Waals surface area (Å²) in [7, 11) is 0. The number of hydrogen-bond donors (Lipinski definition) is 0. The molecular formula is C14H21N3O2S. The fourth-order valence-corrected chi connectivity index (χ4v) is 3.04. The van der Waals surface area contributed by atoms with Crippen molar-refractivity contribution in [3.63, 3.8) is 0 Å². The summed E-state index contributed by atoms with van der Waals surface area (Å²) in [6.45, 7) is 9.03. The Labute approximate surface area is 124 Å². The number of likely N-dealkylation sites (tertiary alicyclic amines) is 1. The number of carbonyl (C=O) groups excluding carboxylic acids is 1. The highest BCUT2D eigenvalue weighted by Gasteiger charge is 2.30. The van der Waals surface area contributed by atoms with Gasteiger partial charge < -0.3 is 9.64 Å². The quantitative estimate of drug-likeness (QED) is 0.785. The SMILES string of the molecule is Cc1ccnc(S[C@@H]2CCN(C(=O)OC(C)(C)C)C2)n1. The van der Waals surface area contributed by atoms with Gasteiger partial charge in [0.25, 0.3) is 0 Å². The van der Waals surface area contributed by atoms with Crippen LogP contribution in [-0.4, -0.2) is 44.9 Å². The van der Waals surface area contributed by atoms with E-state index in [0.717, 1.165) is 23.8 Å². The summed E-state index contributed by atoms with van der Waals surface area (Å²) in [5.41, 5.74) is 0.520. The first-order valence-electron chi connectivity index (χ1n) is 6.78. The van der Waals surface area contributed by atoms with Gasteiger partial charge in [0.2, 0.25) is 0 Å². The van der Waals surface area contributed by atoms with Crippen LogP contribution in [0.2, 0.25) is 0 Å². The first-order valence-corrected chi connectivity index (χ1v) is 7.66. The van der Waals surface area contributed by atoms with Crippen LogP contribution in [0.4, 0.5) is 4.79 Å². The van der Waals surface area contributed by atoms with Crippen LogP contribution in [0.5, 0.6) is 0 Å². The van der Waals surface area contributed by atoms with E-state index in [9.17, 15) is 4.79 Å². The second kappa shape index (κ2) is 5.99. The molecule has 0 aliphatic carbocycles. The molecule has 1 fully saturated rings. The first-order chi connectivity index (χ1) is 9.33. The van der Waals surface area contributed by atoms with E-state index in [0.29, 0.717) is 11.8 Å². The molecule has 0 saturated carbocycles. The highest BCUT2D eigenvalue weighted by molar-refractivity contribution is 7.99. The van der Waals surface area contributed by atoms with Gasteiger partial charge in [-0.1, -0.05) is 11.8 Å². The molecule has 2 heterocycles. The van der Waals surface area contributed by atoms with Crippen LogP contribution in [-0.2, 0) is 4.74 Å². The Bertz CT molecular complexity index is 488. The fourth-order valence-electron chi connectivity index (χ4n) is 1.95. The van der Waals surface area contributed by atoms with E-state index in [1.54, 1.807) is 22.9 Å². The maximum Gasteiger partial charge on any atom is 0.410 e. The molecule has 1 saturated heterocycles. The summed E-state index contributed by atoms with van der Waals surface area (Å²) >= 11 is 1.63. The predicted molar refractivity (Wildman–Crippen MR) is 78.8 cm³/mol. The number of carbonyl (C=O) groups is 1. The Kier molecular flexibility index (Phi) is 4.52. The summed E-state index contributed by atoms with van der Waals surface area (Å²) in [5.74, 6) is 0. The van der Waals surface area contributed by atoms with Crippen LogP contribution in [0.15, 0.2) is 17.4 Å². The zero-order valence-electron chi connectivity index (χ0n) is 12.4. The molecule has 110 valence electrons. The van der Waals surface area contributed by atoms with Gasteiger partial charge in [-0.15, -0.1) is 0 Å². The smallest absolute Gasteiger partial charge is 0.410 e. The summed E-state index contributed by atoms with van der Waals surface area (Å²) in [4.78, 5) is 22.4. The largest absolute Gasteiger partial charge is 0.444 e. The Morgan fingerprint density at radius 2 is 2.25 bits per heavy atom. The zero-order chi connectivity index (χ0) is 14.8. The van der Waals surface area contributed by atoms with Crippen LogP contribution in [0.3, 0.4) is 0 Å². The highest BCUT2D eigenvalue weighted by atomic mass is 32.2. The molecule has 1 aromatic rings.